The highest BCUT2D eigenvalue weighted by atomic mass is 35.5. The molecular weight excluding hydrogens is 420 g/mol. The van der Waals surface area contributed by atoms with E-state index in [0.717, 1.165) is 5.56 Å². The van der Waals surface area contributed by atoms with Crippen LogP contribution in [0.25, 0.3) is 0 Å². The van der Waals surface area contributed by atoms with Gasteiger partial charge in [0.05, 0.1) is 6.54 Å². The van der Waals surface area contributed by atoms with Crippen molar-refractivity contribution in [2.45, 2.75) is 19.9 Å². The molecule has 162 valence electrons. The van der Waals surface area contributed by atoms with Crippen molar-refractivity contribution < 1.29 is 9.53 Å². The average molecular weight is 443 g/mol. The van der Waals surface area contributed by atoms with Gasteiger partial charge in [-0.2, -0.15) is 0 Å². The first-order chi connectivity index (χ1) is 14.9. The first kappa shape index (κ1) is 22.2. The molecule has 1 aromatic heterocycles. The van der Waals surface area contributed by atoms with E-state index in [2.05, 4.69) is 4.98 Å². The highest BCUT2D eigenvalue weighted by molar-refractivity contribution is 6.30. The first-order valence-corrected chi connectivity index (χ1v) is 10.1. The molecule has 1 heterocycles. The molecule has 0 aliphatic heterocycles. The van der Waals surface area contributed by atoms with Crippen LogP contribution in [-0.2, 0) is 11.3 Å². The first-order valence-electron chi connectivity index (χ1n) is 9.76. The molecule has 1 amide bonds. The fourth-order valence-corrected chi connectivity index (χ4v) is 3.23. The lowest BCUT2D eigenvalue weighted by Gasteiger charge is -2.24. The van der Waals surface area contributed by atoms with E-state index in [1.807, 2.05) is 37.3 Å². The molecule has 0 radical (unpaired) electrons. The third kappa shape index (κ3) is 5.35. The van der Waals surface area contributed by atoms with Gasteiger partial charge in [-0.15, -0.1) is 0 Å². The lowest BCUT2D eigenvalue weighted by molar-refractivity contribution is -0.120. The minimum absolute atomic E-state index is 0.0675. The molecule has 3 rings (SSSR count). The Morgan fingerprint density at radius 3 is 2.45 bits per heavy atom. The molecule has 0 spiro atoms. The number of nitrogen functional groups attached to an aromatic ring is 1. The number of ether oxygens (including phenoxy) is 1. The largest absolute Gasteiger partial charge is 0.484 e. The number of nitrogens with two attached hydrogens (primary N) is 1. The van der Waals surface area contributed by atoms with Gasteiger partial charge in [0, 0.05) is 11.6 Å². The van der Waals surface area contributed by atoms with E-state index in [9.17, 15) is 14.4 Å². The lowest BCUT2D eigenvalue weighted by atomic mass is 10.2. The van der Waals surface area contributed by atoms with E-state index >= 15 is 0 Å². The van der Waals surface area contributed by atoms with Crippen LogP contribution in [0.3, 0.4) is 0 Å². The Balaban J connectivity index is 1.91. The number of aromatic amines is 1. The number of hydrogen-bond acceptors (Lipinski definition) is 5. The van der Waals surface area contributed by atoms with Gasteiger partial charge in [-0.3, -0.25) is 19.1 Å². The number of rotatable bonds is 8. The fourth-order valence-electron chi connectivity index (χ4n) is 3.10. The minimum Gasteiger partial charge on any atom is -0.484 e. The summed E-state index contributed by atoms with van der Waals surface area (Å²) in [5.74, 6) is -0.0741. The van der Waals surface area contributed by atoms with Crippen molar-refractivity contribution in [1.82, 2.24) is 9.55 Å². The highest BCUT2D eigenvalue weighted by Gasteiger charge is 2.24. The summed E-state index contributed by atoms with van der Waals surface area (Å²) >= 11 is 5.86. The molecule has 3 N–H and O–H groups in total. The van der Waals surface area contributed by atoms with Crippen LogP contribution < -0.4 is 26.6 Å². The molecule has 0 fully saturated rings. The fraction of sp³-hybridized carbons (Fsp3) is 0.227. The zero-order chi connectivity index (χ0) is 22.4. The van der Waals surface area contributed by atoms with Gasteiger partial charge >= 0.3 is 5.69 Å². The monoisotopic (exact) mass is 442 g/mol. The van der Waals surface area contributed by atoms with Crippen LogP contribution >= 0.6 is 11.6 Å². The highest BCUT2D eigenvalue weighted by Crippen LogP contribution is 2.20. The molecular formula is C22H23ClN4O4. The standard InChI is InChI=1S/C22H23ClN4O4/c1-2-12-26(18(28)14-31-17-10-8-16(23)9-11-17)19-20(24)27(22(30)25-21(19)29)13-15-6-4-3-5-7-15/h3-11H,2,12-14,24H2,1H3,(H,25,29,30). The van der Waals surface area contributed by atoms with Gasteiger partial charge in [0.15, 0.2) is 12.3 Å². The van der Waals surface area contributed by atoms with Crippen molar-refractivity contribution in [1.29, 1.82) is 0 Å². The van der Waals surface area contributed by atoms with Crippen LogP contribution in [0, 0.1) is 0 Å². The Hall–Kier alpha value is -3.52. The van der Waals surface area contributed by atoms with Crippen LogP contribution in [0.4, 0.5) is 11.5 Å². The van der Waals surface area contributed by atoms with E-state index < -0.39 is 17.2 Å². The van der Waals surface area contributed by atoms with Crippen molar-refractivity contribution in [3.05, 3.63) is 86.0 Å². The summed E-state index contributed by atoms with van der Waals surface area (Å²) in [6.07, 6.45) is 0.573. The summed E-state index contributed by atoms with van der Waals surface area (Å²) in [4.78, 5) is 41.4. The minimum atomic E-state index is -0.722. The second-order valence-corrected chi connectivity index (χ2v) is 7.29. The van der Waals surface area contributed by atoms with Crippen LogP contribution in [0.1, 0.15) is 18.9 Å². The van der Waals surface area contributed by atoms with Gasteiger partial charge in [0.25, 0.3) is 11.5 Å². The van der Waals surface area contributed by atoms with E-state index in [0.29, 0.717) is 17.2 Å². The van der Waals surface area contributed by atoms with Crippen LogP contribution in [-0.4, -0.2) is 28.6 Å². The zero-order valence-electron chi connectivity index (χ0n) is 17.0. The number of hydrogen-bond donors (Lipinski definition) is 2. The number of carbonyl (C=O) groups excluding carboxylic acids is 1. The van der Waals surface area contributed by atoms with E-state index in [4.69, 9.17) is 22.1 Å². The molecule has 31 heavy (non-hydrogen) atoms. The number of benzene rings is 2. The van der Waals surface area contributed by atoms with Gasteiger partial charge in [-0.05, 0) is 36.2 Å². The van der Waals surface area contributed by atoms with Crippen molar-refractivity contribution >= 4 is 29.0 Å². The lowest BCUT2D eigenvalue weighted by Crippen LogP contribution is -2.43. The van der Waals surface area contributed by atoms with E-state index in [-0.39, 0.29) is 31.2 Å². The maximum Gasteiger partial charge on any atom is 0.330 e. The SMILES string of the molecule is CCCN(C(=O)COc1ccc(Cl)cc1)c1c(N)n(Cc2ccccc2)c(=O)[nH]c1=O. The average Bonchev–Trinajstić information content (AvgIpc) is 2.76. The third-order valence-corrected chi connectivity index (χ3v) is 4.84. The van der Waals surface area contributed by atoms with Crippen molar-refractivity contribution in [3.8, 4) is 5.75 Å². The maximum atomic E-state index is 12.9. The predicted octanol–water partition coefficient (Wildman–Crippen LogP) is 2.64. The summed E-state index contributed by atoms with van der Waals surface area (Å²) in [5, 5.41) is 0.547. The molecule has 3 aromatic rings. The Labute approximate surface area is 183 Å². The molecule has 2 aromatic carbocycles. The molecule has 0 aliphatic carbocycles. The van der Waals surface area contributed by atoms with Gasteiger partial charge in [-0.1, -0.05) is 48.9 Å². The zero-order valence-corrected chi connectivity index (χ0v) is 17.8. The number of nitrogens with one attached hydrogen (secondary N) is 1. The Kier molecular flexibility index (Phi) is 7.15. The number of halogens is 1. The predicted molar refractivity (Wildman–Crippen MR) is 121 cm³/mol. The Morgan fingerprint density at radius 1 is 1.13 bits per heavy atom. The van der Waals surface area contributed by atoms with E-state index in [1.165, 1.54) is 9.47 Å². The van der Waals surface area contributed by atoms with Gasteiger partial charge in [0.1, 0.15) is 11.6 Å². The molecule has 0 saturated heterocycles. The summed E-state index contributed by atoms with van der Waals surface area (Å²) in [7, 11) is 0. The Bertz CT molecular complexity index is 1160. The molecule has 0 atom stereocenters. The summed E-state index contributed by atoms with van der Waals surface area (Å²) in [5.41, 5.74) is 5.62. The topological polar surface area (TPSA) is 110 Å². The summed E-state index contributed by atoms with van der Waals surface area (Å²) in [6.45, 7) is 1.95. The smallest absolute Gasteiger partial charge is 0.330 e. The van der Waals surface area contributed by atoms with Gasteiger partial charge in [-0.25, -0.2) is 4.79 Å². The molecule has 8 nitrogen and oxygen atoms in total. The molecule has 0 unspecified atom stereocenters. The number of anilines is 2. The van der Waals surface area contributed by atoms with Crippen LogP contribution in [0.2, 0.25) is 5.02 Å². The van der Waals surface area contributed by atoms with Crippen molar-refractivity contribution in [2.24, 2.45) is 0 Å². The summed E-state index contributed by atoms with van der Waals surface area (Å²) < 4.78 is 6.77. The van der Waals surface area contributed by atoms with Crippen LogP contribution in [0.15, 0.2) is 64.2 Å². The van der Waals surface area contributed by atoms with Gasteiger partial charge in [0.2, 0.25) is 0 Å². The number of H-pyrrole nitrogens is 1. The quantitative estimate of drug-likeness (QED) is 0.557. The number of aromatic nitrogens is 2. The summed E-state index contributed by atoms with van der Waals surface area (Å²) in [6, 6.07) is 15.8. The van der Waals surface area contributed by atoms with E-state index in [1.54, 1.807) is 24.3 Å². The molecule has 0 aliphatic rings. The molecule has 0 saturated carbocycles. The van der Waals surface area contributed by atoms with Crippen molar-refractivity contribution in [3.63, 3.8) is 0 Å². The number of carbonyl (C=O) groups is 1. The maximum absolute atomic E-state index is 12.9. The number of amides is 1. The van der Waals surface area contributed by atoms with Crippen molar-refractivity contribution in [2.75, 3.05) is 23.8 Å². The number of nitrogens with zero attached hydrogens (tertiary/aromatic N) is 2. The van der Waals surface area contributed by atoms with Crippen LogP contribution in [0.5, 0.6) is 5.75 Å². The molecule has 0 bridgehead atoms. The second kappa shape index (κ2) is 9.99. The Morgan fingerprint density at radius 2 is 1.81 bits per heavy atom. The third-order valence-electron chi connectivity index (χ3n) is 4.59. The second-order valence-electron chi connectivity index (χ2n) is 6.85. The normalized spacial score (nSPS) is 10.6. The van der Waals surface area contributed by atoms with Gasteiger partial charge < -0.3 is 15.4 Å². The molecule has 9 heteroatoms.